The predicted octanol–water partition coefficient (Wildman–Crippen LogP) is 3.38. The molecule has 0 aliphatic carbocycles. The second-order valence-corrected chi connectivity index (χ2v) is 4.92. The van der Waals surface area contributed by atoms with E-state index in [2.05, 4.69) is 29.0 Å². The van der Waals surface area contributed by atoms with Crippen molar-refractivity contribution in [2.24, 2.45) is 0 Å². The SMILES string of the molecule is CC(=O)c1cccc2c1ccc[n+]2Cc1ccccc1. The van der Waals surface area contributed by atoms with Gasteiger partial charge in [0.2, 0.25) is 5.52 Å². The zero-order chi connectivity index (χ0) is 13.9. The maximum absolute atomic E-state index is 11.7. The molecule has 98 valence electrons. The summed E-state index contributed by atoms with van der Waals surface area (Å²) in [6, 6.07) is 20.2. The maximum Gasteiger partial charge on any atom is 0.213 e. The van der Waals surface area contributed by atoms with Crippen LogP contribution in [0.5, 0.6) is 0 Å². The van der Waals surface area contributed by atoms with Crippen molar-refractivity contribution >= 4 is 16.7 Å². The van der Waals surface area contributed by atoms with E-state index in [1.54, 1.807) is 6.92 Å². The Kier molecular flexibility index (Phi) is 3.30. The summed E-state index contributed by atoms with van der Waals surface area (Å²) in [7, 11) is 0. The average Bonchev–Trinajstić information content (AvgIpc) is 2.48. The van der Waals surface area contributed by atoms with E-state index in [9.17, 15) is 4.79 Å². The summed E-state index contributed by atoms with van der Waals surface area (Å²) in [4.78, 5) is 11.7. The van der Waals surface area contributed by atoms with Crippen LogP contribution in [0.2, 0.25) is 0 Å². The molecule has 1 aromatic heterocycles. The third-order valence-corrected chi connectivity index (χ3v) is 3.50. The number of rotatable bonds is 3. The first kappa shape index (κ1) is 12.5. The van der Waals surface area contributed by atoms with Gasteiger partial charge in [-0.05, 0) is 13.0 Å². The molecule has 0 spiro atoms. The summed E-state index contributed by atoms with van der Waals surface area (Å²) in [5, 5.41) is 1.01. The summed E-state index contributed by atoms with van der Waals surface area (Å²) in [6.45, 7) is 2.42. The molecule has 0 bridgehead atoms. The molecule has 0 fully saturated rings. The van der Waals surface area contributed by atoms with Gasteiger partial charge in [-0.3, -0.25) is 4.79 Å². The van der Waals surface area contributed by atoms with Crippen molar-refractivity contribution in [3.8, 4) is 0 Å². The van der Waals surface area contributed by atoms with E-state index in [4.69, 9.17) is 0 Å². The smallest absolute Gasteiger partial charge is 0.213 e. The van der Waals surface area contributed by atoms with Gasteiger partial charge in [-0.25, -0.2) is 0 Å². The van der Waals surface area contributed by atoms with Gasteiger partial charge in [-0.1, -0.05) is 42.5 Å². The van der Waals surface area contributed by atoms with Crippen LogP contribution >= 0.6 is 0 Å². The van der Waals surface area contributed by atoms with E-state index in [0.717, 1.165) is 23.0 Å². The zero-order valence-electron chi connectivity index (χ0n) is 11.4. The molecule has 3 rings (SSSR count). The van der Waals surface area contributed by atoms with E-state index in [1.807, 2.05) is 42.5 Å². The van der Waals surface area contributed by atoms with E-state index >= 15 is 0 Å². The molecule has 0 saturated heterocycles. The van der Waals surface area contributed by atoms with Gasteiger partial charge in [0.25, 0.3) is 0 Å². The summed E-state index contributed by atoms with van der Waals surface area (Å²) in [6.07, 6.45) is 2.05. The van der Waals surface area contributed by atoms with Crippen LogP contribution in [0.4, 0.5) is 0 Å². The van der Waals surface area contributed by atoms with Crippen LogP contribution < -0.4 is 4.57 Å². The topological polar surface area (TPSA) is 20.9 Å². The number of nitrogens with zero attached hydrogens (tertiary/aromatic N) is 1. The summed E-state index contributed by atoms with van der Waals surface area (Å²) < 4.78 is 2.18. The minimum atomic E-state index is 0.105. The fourth-order valence-electron chi connectivity index (χ4n) is 2.53. The average molecular weight is 262 g/mol. The van der Waals surface area contributed by atoms with E-state index in [-0.39, 0.29) is 5.78 Å². The number of carbonyl (C=O) groups is 1. The van der Waals surface area contributed by atoms with E-state index in [0.29, 0.717) is 0 Å². The van der Waals surface area contributed by atoms with Crippen LogP contribution in [-0.2, 0) is 6.54 Å². The van der Waals surface area contributed by atoms with Gasteiger partial charge in [0.15, 0.2) is 18.5 Å². The second-order valence-electron chi connectivity index (χ2n) is 4.92. The zero-order valence-corrected chi connectivity index (χ0v) is 11.4. The number of pyridine rings is 1. The summed E-state index contributed by atoms with van der Waals surface area (Å²) in [5.74, 6) is 0.105. The van der Waals surface area contributed by atoms with E-state index in [1.165, 1.54) is 5.56 Å². The third kappa shape index (κ3) is 2.32. The highest BCUT2D eigenvalue weighted by atomic mass is 16.1. The quantitative estimate of drug-likeness (QED) is 0.523. The van der Waals surface area contributed by atoms with Crippen LogP contribution in [-0.4, -0.2) is 5.78 Å². The molecule has 2 heteroatoms. The highest BCUT2D eigenvalue weighted by Crippen LogP contribution is 2.16. The molecule has 0 saturated carbocycles. The predicted molar refractivity (Wildman–Crippen MR) is 79.7 cm³/mol. The van der Waals surface area contributed by atoms with Gasteiger partial charge in [0.05, 0.1) is 5.39 Å². The van der Waals surface area contributed by atoms with Crippen molar-refractivity contribution in [3.05, 3.63) is 78.0 Å². The molecule has 20 heavy (non-hydrogen) atoms. The van der Waals surface area contributed by atoms with Crippen LogP contribution in [0.3, 0.4) is 0 Å². The molecular formula is C18H16NO+. The lowest BCUT2D eigenvalue weighted by molar-refractivity contribution is -0.662. The molecule has 2 aromatic carbocycles. The number of ketones is 1. The minimum Gasteiger partial charge on any atom is -0.294 e. The number of Topliss-reactive ketones (excluding diaryl/α,β-unsaturated/α-hetero) is 1. The number of fused-ring (bicyclic) bond motifs is 1. The van der Waals surface area contributed by atoms with Gasteiger partial charge in [-0.15, -0.1) is 0 Å². The molecule has 1 heterocycles. The first-order valence-electron chi connectivity index (χ1n) is 6.72. The number of carbonyl (C=O) groups excluding carboxylic acids is 1. The largest absolute Gasteiger partial charge is 0.294 e. The number of hydrogen-bond donors (Lipinski definition) is 0. The standard InChI is InChI=1S/C18H16NO/c1-14(20)16-9-5-11-18-17(16)10-6-12-19(18)13-15-7-3-2-4-8-15/h2-12H,13H2,1H3/q+1. The molecule has 0 aliphatic heterocycles. The first-order chi connectivity index (χ1) is 9.75. The Balaban J connectivity index is 2.13. The number of hydrogen-bond acceptors (Lipinski definition) is 1. The lowest BCUT2D eigenvalue weighted by Gasteiger charge is -2.04. The number of benzene rings is 2. The third-order valence-electron chi connectivity index (χ3n) is 3.50. The lowest BCUT2D eigenvalue weighted by atomic mass is 10.1. The highest BCUT2D eigenvalue weighted by Gasteiger charge is 2.13. The van der Waals surface area contributed by atoms with Crippen molar-refractivity contribution in [1.82, 2.24) is 0 Å². The molecule has 0 unspecified atom stereocenters. The Morgan fingerprint density at radius 2 is 1.75 bits per heavy atom. The molecule has 0 atom stereocenters. The molecular weight excluding hydrogens is 246 g/mol. The highest BCUT2D eigenvalue weighted by molar-refractivity contribution is 6.05. The molecule has 0 N–H and O–H groups in total. The maximum atomic E-state index is 11.7. The Labute approximate surface area is 118 Å². The second kappa shape index (κ2) is 5.25. The van der Waals surface area contributed by atoms with Crippen LogP contribution in [0.15, 0.2) is 66.9 Å². The Morgan fingerprint density at radius 1 is 0.950 bits per heavy atom. The van der Waals surface area contributed by atoms with Crippen LogP contribution in [0.1, 0.15) is 22.8 Å². The van der Waals surface area contributed by atoms with E-state index < -0.39 is 0 Å². The molecule has 0 aliphatic rings. The Morgan fingerprint density at radius 3 is 2.50 bits per heavy atom. The van der Waals surface area contributed by atoms with Crippen LogP contribution in [0.25, 0.3) is 10.9 Å². The van der Waals surface area contributed by atoms with Gasteiger partial charge < -0.3 is 0 Å². The normalized spacial score (nSPS) is 10.7. The summed E-state index contributed by atoms with van der Waals surface area (Å²) in [5.41, 5.74) is 3.12. The van der Waals surface area contributed by atoms with Gasteiger partial charge in [0.1, 0.15) is 0 Å². The molecule has 0 amide bonds. The fourth-order valence-corrected chi connectivity index (χ4v) is 2.53. The molecule has 2 nitrogen and oxygen atoms in total. The Hall–Kier alpha value is -2.48. The fraction of sp³-hybridized carbons (Fsp3) is 0.111. The van der Waals surface area contributed by atoms with Gasteiger partial charge in [-0.2, -0.15) is 4.57 Å². The van der Waals surface area contributed by atoms with Crippen molar-refractivity contribution in [1.29, 1.82) is 0 Å². The minimum absolute atomic E-state index is 0.105. The first-order valence-corrected chi connectivity index (χ1v) is 6.72. The molecule has 3 aromatic rings. The lowest BCUT2D eigenvalue weighted by Crippen LogP contribution is -2.34. The number of aromatic nitrogens is 1. The monoisotopic (exact) mass is 262 g/mol. The van der Waals surface area contributed by atoms with Crippen molar-refractivity contribution < 1.29 is 9.36 Å². The van der Waals surface area contributed by atoms with Gasteiger partial charge in [0, 0.05) is 23.3 Å². The van der Waals surface area contributed by atoms with Crippen LogP contribution in [0, 0.1) is 0 Å². The van der Waals surface area contributed by atoms with Crippen molar-refractivity contribution in [3.63, 3.8) is 0 Å². The van der Waals surface area contributed by atoms with Gasteiger partial charge >= 0.3 is 0 Å². The summed E-state index contributed by atoms with van der Waals surface area (Å²) >= 11 is 0. The van der Waals surface area contributed by atoms with Crippen molar-refractivity contribution in [2.45, 2.75) is 13.5 Å². The molecule has 0 radical (unpaired) electrons. The van der Waals surface area contributed by atoms with Crippen molar-refractivity contribution in [2.75, 3.05) is 0 Å². The Bertz CT molecular complexity index is 763.